The second-order valence-corrected chi connectivity index (χ2v) is 21.0. The molecule has 0 bridgehead atoms. The second-order valence-electron chi connectivity index (χ2n) is 19.4. The highest BCUT2D eigenvalue weighted by Crippen LogP contribution is 2.31. The van der Waals surface area contributed by atoms with Gasteiger partial charge in [-0.05, 0) is 65.8 Å². The molecule has 2 aliphatic rings. The number of aliphatic hydroxyl groups excluding tert-OH is 1. The van der Waals surface area contributed by atoms with Crippen molar-refractivity contribution in [3.8, 4) is 27.4 Å². The Hall–Kier alpha value is -5.44. The van der Waals surface area contributed by atoms with Crippen LogP contribution in [0.2, 0.25) is 10.0 Å². The standard InChI is InChI=1S/C54H67Cl2N7O10S/c1-35-50(74-34-59-35)38-10-7-36(8-11-38)30-58-52(67)45-29-41(64)32-63(45)53(68)51(54(2,3)4)61-48(65)15-17-69-18-19-70-20-21-71-22-23-72-24-25-73-46-14-12-39(44-33-62-16-5-6-47(62)60-44)28-40(46)31-57-49(66)27-37-9-13-42(55)43(56)26-37/h7-14,26,28,33-34,41,45,51,64H,5-6,15-25,27,29-32H2,1-4H3,(H,57,66)(H,58,67)(H,61,65)/t41-,45+,51-/m1/s1. The third kappa shape index (κ3) is 16.3. The number of aryl methyl sites for hydroxylation is 3. The highest BCUT2D eigenvalue weighted by Gasteiger charge is 2.44. The summed E-state index contributed by atoms with van der Waals surface area (Å²) in [7, 11) is 0. The summed E-state index contributed by atoms with van der Waals surface area (Å²) in [5.41, 5.74) is 7.42. The van der Waals surface area contributed by atoms with Gasteiger partial charge in [0.05, 0.1) is 97.2 Å². The monoisotopic (exact) mass is 1080 g/mol. The minimum atomic E-state index is -0.938. The Labute approximate surface area is 446 Å². The maximum atomic E-state index is 14.0. The quantitative estimate of drug-likeness (QED) is 0.0404. The molecule has 4 amide bonds. The minimum Gasteiger partial charge on any atom is -0.491 e. The number of amides is 4. The molecule has 2 aliphatic heterocycles. The van der Waals surface area contributed by atoms with Crippen molar-refractivity contribution in [2.24, 2.45) is 5.41 Å². The number of thiazole rings is 1. The number of rotatable bonds is 27. The first kappa shape index (κ1) is 56.3. The maximum absolute atomic E-state index is 14.0. The third-order valence-corrected chi connectivity index (χ3v) is 14.3. The summed E-state index contributed by atoms with van der Waals surface area (Å²) in [6.45, 7) is 11.7. The average molecular weight is 1080 g/mol. The summed E-state index contributed by atoms with van der Waals surface area (Å²) in [4.78, 5) is 65.0. The predicted molar refractivity (Wildman–Crippen MR) is 283 cm³/mol. The molecule has 1 fully saturated rings. The molecule has 3 aromatic carbocycles. The van der Waals surface area contributed by atoms with E-state index in [9.17, 15) is 24.3 Å². The van der Waals surface area contributed by atoms with Gasteiger partial charge in [-0.15, -0.1) is 11.3 Å². The predicted octanol–water partition coefficient (Wildman–Crippen LogP) is 6.74. The third-order valence-electron chi connectivity index (χ3n) is 12.6. The first-order valence-corrected chi connectivity index (χ1v) is 26.6. The van der Waals surface area contributed by atoms with Crippen molar-refractivity contribution < 1.29 is 48.0 Å². The number of benzene rings is 3. The molecule has 0 spiro atoms. The van der Waals surface area contributed by atoms with Gasteiger partial charge < -0.3 is 54.2 Å². The fraction of sp³-hybridized carbons (Fsp3) is 0.481. The molecule has 4 N–H and O–H groups in total. The molecule has 17 nitrogen and oxygen atoms in total. The Bertz CT molecular complexity index is 2650. The number of hydrogen-bond acceptors (Lipinski definition) is 13. The molecular weight excluding hydrogens is 1010 g/mol. The first-order chi connectivity index (χ1) is 35.6. The second kappa shape index (κ2) is 27.4. The van der Waals surface area contributed by atoms with Crippen LogP contribution in [0.5, 0.6) is 5.75 Å². The van der Waals surface area contributed by atoms with Gasteiger partial charge in [-0.25, -0.2) is 9.97 Å². The Morgan fingerprint density at radius 2 is 1.49 bits per heavy atom. The zero-order valence-corrected chi connectivity index (χ0v) is 44.8. The molecule has 0 aliphatic carbocycles. The lowest BCUT2D eigenvalue weighted by Gasteiger charge is -2.35. The van der Waals surface area contributed by atoms with E-state index in [1.807, 2.05) is 75.7 Å². The smallest absolute Gasteiger partial charge is 0.246 e. The number of hydrogen-bond donors (Lipinski definition) is 4. The van der Waals surface area contributed by atoms with E-state index in [4.69, 9.17) is 51.9 Å². The van der Waals surface area contributed by atoms with Gasteiger partial charge in [0, 0.05) is 62.8 Å². The van der Waals surface area contributed by atoms with E-state index in [1.54, 1.807) is 29.5 Å². The Balaban J connectivity index is 0.741. The number of likely N-dealkylation sites (tertiary alicyclic amines) is 1. The van der Waals surface area contributed by atoms with Crippen molar-refractivity contribution in [1.82, 2.24) is 35.4 Å². The number of aliphatic hydroxyl groups is 1. The lowest BCUT2D eigenvalue weighted by Crippen LogP contribution is -2.57. The van der Waals surface area contributed by atoms with Gasteiger partial charge in [-0.1, -0.05) is 74.3 Å². The summed E-state index contributed by atoms with van der Waals surface area (Å²) in [6, 6.07) is 17.1. The minimum absolute atomic E-state index is 0.0109. The topological polar surface area (TPSA) is 205 Å². The van der Waals surface area contributed by atoms with Crippen molar-refractivity contribution in [3.05, 3.63) is 111 Å². The van der Waals surface area contributed by atoms with Gasteiger partial charge in [0.2, 0.25) is 23.6 Å². The fourth-order valence-corrected chi connectivity index (χ4v) is 9.79. The molecular formula is C54H67Cl2N7O10S. The van der Waals surface area contributed by atoms with Gasteiger partial charge in [0.25, 0.3) is 0 Å². The molecule has 20 heteroatoms. The molecule has 0 radical (unpaired) electrons. The fourth-order valence-electron chi connectivity index (χ4n) is 8.65. The molecule has 74 heavy (non-hydrogen) atoms. The van der Waals surface area contributed by atoms with Crippen LogP contribution in [0.1, 0.15) is 68.2 Å². The molecule has 4 heterocycles. The number of imidazole rings is 1. The normalized spacial score (nSPS) is 15.7. The van der Waals surface area contributed by atoms with Crippen molar-refractivity contribution in [1.29, 1.82) is 0 Å². The number of aromatic nitrogens is 3. The van der Waals surface area contributed by atoms with Gasteiger partial charge in [0.1, 0.15) is 30.3 Å². The number of β-amino-alcohol motifs (C(OH)–C–C–N with tert-alkyl or cyclic N) is 1. The van der Waals surface area contributed by atoms with Crippen molar-refractivity contribution >= 4 is 58.2 Å². The number of halogens is 2. The summed E-state index contributed by atoms with van der Waals surface area (Å²) >= 11 is 13.8. The van der Waals surface area contributed by atoms with E-state index < -0.39 is 29.5 Å². The van der Waals surface area contributed by atoms with Crippen molar-refractivity contribution in [2.75, 3.05) is 66.0 Å². The van der Waals surface area contributed by atoms with Crippen LogP contribution in [-0.2, 0) is 70.6 Å². The number of nitrogens with zero attached hydrogens (tertiary/aromatic N) is 4. The van der Waals surface area contributed by atoms with E-state index in [0.717, 1.165) is 69.3 Å². The van der Waals surface area contributed by atoms with Crippen LogP contribution in [0, 0.1) is 12.3 Å². The number of ether oxygens (including phenoxy) is 5. The Kier molecular flexibility index (Phi) is 20.8. The van der Waals surface area contributed by atoms with Crippen LogP contribution in [0.15, 0.2) is 72.4 Å². The van der Waals surface area contributed by atoms with Crippen LogP contribution in [0.4, 0.5) is 0 Å². The molecule has 3 atom stereocenters. The number of nitrogens with one attached hydrogen (secondary N) is 3. The summed E-state index contributed by atoms with van der Waals surface area (Å²) < 4.78 is 30.9. The van der Waals surface area contributed by atoms with Crippen LogP contribution in [0.25, 0.3) is 21.7 Å². The molecule has 398 valence electrons. The van der Waals surface area contributed by atoms with E-state index >= 15 is 0 Å². The molecule has 0 saturated carbocycles. The zero-order chi connectivity index (χ0) is 52.6. The highest BCUT2D eigenvalue weighted by molar-refractivity contribution is 7.13. The lowest BCUT2D eigenvalue weighted by atomic mass is 9.85. The summed E-state index contributed by atoms with van der Waals surface area (Å²) in [5, 5.41) is 20.2. The van der Waals surface area contributed by atoms with E-state index in [1.165, 1.54) is 4.90 Å². The average Bonchev–Trinajstić information content (AvgIpc) is 4.19. The summed E-state index contributed by atoms with van der Waals surface area (Å²) in [6.07, 6.45) is 3.52. The Morgan fingerprint density at radius 3 is 2.15 bits per heavy atom. The number of carbonyl (C=O) groups excluding carboxylic acids is 4. The highest BCUT2D eigenvalue weighted by atomic mass is 35.5. The molecule has 0 unspecified atom stereocenters. The molecule has 2 aromatic heterocycles. The molecule has 5 aromatic rings. The van der Waals surface area contributed by atoms with Gasteiger partial charge in [-0.3, -0.25) is 19.2 Å². The van der Waals surface area contributed by atoms with Crippen LogP contribution in [0.3, 0.4) is 0 Å². The van der Waals surface area contributed by atoms with E-state index in [-0.39, 0.29) is 69.8 Å². The number of fused-ring (bicyclic) bond motifs is 1. The van der Waals surface area contributed by atoms with Gasteiger partial charge >= 0.3 is 0 Å². The van der Waals surface area contributed by atoms with Gasteiger partial charge in [0.15, 0.2) is 0 Å². The van der Waals surface area contributed by atoms with E-state index in [0.29, 0.717) is 62.0 Å². The first-order valence-electron chi connectivity index (χ1n) is 25.0. The summed E-state index contributed by atoms with van der Waals surface area (Å²) in [5.74, 6) is 0.380. The Morgan fingerprint density at radius 1 is 0.811 bits per heavy atom. The van der Waals surface area contributed by atoms with Crippen molar-refractivity contribution in [2.45, 2.75) is 97.6 Å². The molecule has 7 rings (SSSR count). The SMILES string of the molecule is Cc1ncsc1-c1ccc(CNC(=O)[C@@H]2C[C@@H](O)CN2C(=O)[C@@H](NC(=O)CCOCCOCCOCCOCCOc2ccc(-c3cn4c(n3)CCC4)cc2CNC(=O)Cc2ccc(Cl)c(Cl)c2)C(C)(C)C)cc1. The van der Waals surface area contributed by atoms with Gasteiger partial charge in [-0.2, -0.15) is 0 Å². The zero-order valence-electron chi connectivity index (χ0n) is 42.5. The number of carbonyl (C=O) groups is 4. The van der Waals surface area contributed by atoms with Crippen LogP contribution in [-0.4, -0.2) is 132 Å². The van der Waals surface area contributed by atoms with Crippen molar-refractivity contribution in [3.63, 3.8) is 0 Å². The van der Waals surface area contributed by atoms with Crippen LogP contribution < -0.4 is 20.7 Å². The molecule has 1 saturated heterocycles. The maximum Gasteiger partial charge on any atom is 0.246 e. The van der Waals surface area contributed by atoms with E-state index in [2.05, 4.69) is 31.7 Å². The van der Waals surface area contributed by atoms with Crippen LogP contribution >= 0.6 is 34.5 Å². The largest absolute Gasteiger partial charge is 0.491 e. The lowest BCUT2D eigenvalue weighted by molar-refractivity contribution is -0.144.